The maximum absolute atomic E-state index is 11.8. The smallest absolute Gasteiger partial charge is 0.309 e. The lowest BCUT2D eigenvalue weighted by Crippen LogP contribution is -2.66. The Hall–Kier alpha value is -1.05. The van der Waals surface area contributed by atoms with Crippen LogP contribution in [-0.4, -0.2) is 11.1 Å². The van der Waals surface area contributed by atoms with Gasteiger partial charge in [-0.1, -0.05) is 30.6 Å². The predicted molar refractivity (Wildman–Crippen MR) is 82.8 cm³/mol. The summed E-state index contributed by atoms with van der Waals surface area (Å²) in [5.41, 5.74) is 3.44. The van der Waals surface area contributed by atoms with Gasteiger partial charge in [0.05, 0.1) is 5.41 Å². The van der Waals surface area contributed by atoms with Crippen LogP contribution in [-0.2, 0) is 4.79 Å². The molecule has 21 heavy (non-hydrogen) atoms. The van der Waals surface area contributed by atoms with E-state index < -0.39 is 11.4 Å². The molecule has 0 aromatic heterocycles. The van der Waals surface area contributed by atoms with Crippen molar-refractivity contribution in [2.75, 3.05) is 0 Å². The lowest BCUT2D eigenvalue weighted by Gasteiger charge is -2.72. The van der Waals surface area contributed by atoms with Crippen molar-refractivity contribution in [3.63, 3.8) is 0 Å². The Labute approximate surface area is 127 Å². The van der Waals surface area contributed by atoms with Gasteiger partial charge in [0.2, 0.25) is 0 Å². The van der Waals surface area contributed by atoms with Crippen LogP contribution in [0, 0.1) is 28.1 Å². The van der Waals surface area contributed by atoms with Gasteiger partial charge in [-0.25, -0.2) is 0 Å². The molecule has 0 bridgehead atoms. The minimum atomic E-state index is -0.564. The Kier molecular flexibility index (Phi) is 2.48. The molecule has 0 unspecified atom stereocenters. The highest BCUT2D eigenvalue weighted by Crippen LogP contribution is 2.78. The molecule has 114 valence electrons. The molecule has 4 aliphatic carbocycles. The van der Waals surface area contributed by atoms with Crippen LogP contribution in [0.25, 0.3) is 0 Å². The third kappa shape index (κ3) is 1.37. The molecule has 1 N–H and O–H groups in total. The lowest BCUT2D eigenvalue weighted by atomic mass is 9.31. The van der Waals surface area contributed by atoms with Crippen LogP contribution in [0.5, 0.6) is 0 Å². The summed E-state index contributed by atoms with van der Waals surface area (Å²) in [5.74, 6) is 0.525. The normalized spacial score (nSPS) is 51.0. The van der Waals surface area contributed by atoms with Gasteiger partial charge >= 0.3 is 5.97 Å². The van der Waals surface area contributed by atoms with E-state index in [1.807, 2.05) is 6.92 Å². The van der Waals surface area contributed by atoms with Crippen LogP contribution in [0.4, 0.5) is 0 Å². The number of allylic oxidation sites excluding steroid dienone is 3. The molecule has 5 atom stereocenters. The van der Waals surface area contributed by atoms with Crippen molar-refractivity contribution < 1.29 is 9.90 Å². The summed E-state index contributed by atoms with van der Waals surface area (Å²) < 4.78 is 0. The highest BCUT2D eigenvalue weighted by Gasteiger charge is 2.71. The van der Waals surface area contributed by atoms with Crippen LogP contribution in [0.15, 0.2) is 23.8 Å². The monoisotopic (exact) mass is 286 g/mol. The highest BCUT2D eigenvalue weighted by molar-refractivity contribution is 5.76. The average molecular weight is 286 g/mol. The molecule has 0 amide bonds. The van der Waals surface area contributed by atoms with Crippen LogP contribution in [0.2, 0.25) is 0 Å². The number of hydrogen-bond donors (Lipinski definition) is 1. The van der Waals surface area contributed by atoms with Gasteiger partial charge in [-0.2, -0.15) is 0 Å². The molecule has 4 rings (SSSR count). The van der Waals surface area contributed by atoms with Crippen molar-refractivity contribution in [1.29, 1.82) is 0 Å². The van der Waals surface area contributed by atoms with Gasteiger partial charge in [0.25, 0.3) is 0 Å². The zero-order chi connectivity index (χ0) is 15.0. The molecule has 2 heteroatoms. The molecular weight excluding hydrogens is 260 g/mol. The molecule has 3 saturated carbocycles. The molecule has 0 heterocycles. The first-order valence-electron chi connectivity index (χ1n) is 8.47. The minimum absolute atomic E-state index is 0.274. The van der Waals surface area contributed by atoms with E-state index in [-0.39, 0.29) is 5.41 Å². The first-order valence-corrected chi connectivity index (χ1v) is 8.47. The molecule has 0 aromatic rings. The Bertz CT molecular complexity index is 574. The molecule has 0 aromatic carbocycles. The molecule has 1 spiro atoms. The van der Waals surface area contributed by atoms with E-state index in [9.17, 15) is 9.90 Å². The molecule has 4 aliphatic rings. The second kappa shape index (κ2) is 3.83. The number of rotatable bonds is 2. The number of fused-ring (bicyclic) bond motifs is 1. The molecule has 0 radical (unpaired) electrons. The molecule has 2 nitrogen and oxygen atoms in total. The van der Waals surface area contributed by atoms with E-state index in [0.717, 1.165) is 19.3 Å². The van der Waals surface area contributed by atoms with Gasteiger partial charge in [0.1, 0.15) is 0 Å². The summed E-state index contributed by atoms with van der Waals surface area (Å²) in [6, 6.07) is 0. The van der Waals surface area contributed by atoms with E-state index in [1.165, 1.54) is 25.7 Å². The lowest BCUT2D eigenvalue weighted by molar-refractivity contribution is -0.174. The van der Waals surface area contributed by atoms with Crippen LogP contribution in [0.3, 0.4) is 0 Å². The quantitative estimate of drug-likeness (QED) is 0.755. The van der Waals surface area contributed by atoms with E-state index in [2.05, 4.69) is 19.6 Å². The van der Waals surface area contributed by atoms with E-state index >= 15 is 0 Å². The Morgan fingerprint density at radius 2 is 2.10 bits per heavy atom. The Morgan fingerprint density at radius 3 is 2.76 bits per heavy atom. The zero-order valence-electron chi connectivity index (χ0n) is 13.2. The molecule has 0 saturated heterocycles. The average Bonchev–Trinajstić information content (AvgIpc) is 2.43. The maximum atomic E-state index is 11.8. The van der Waals surface area contributed by atoms with Crippen LogP contribution >= 0.6 is 0 Å². The fraction of sp³-hybridized carbons (Fsp3) is 0.737. The van der Waals surface area contributed by atoms with Crippen molar-refractivity contribution in [1.82, 2.24) is 0 Å². The summed E-state index contributed by atoms with van der Waals surface area (Å²) in [6.07, 6.45) is 10.0. The summed E-state index contributed by atoms with van der Waals surface area (Å²) in [4.78, 5) is 11.8. The maximum Gasteiger partial charge on any atom is 0.309 e. The van der Waals surface area contributed by atoms with Gasteiger partial charge in [0, 0.05) is 5.41 Å². The zero-order valence-corrected chi connectivity index (χ0v) is 13.2. The second-order valence-corrected chi connectivity index (χ2v) is 8.50. The third-order valence-corrected chi connectivity index (χ3v) is 7.66. The highest BCUT2D eigenvalue weighted by atomic mass is 16.4. The standard InChI is InChI=1S/C19H26O2/c1-4-17(2)9-6-13-12(11-17)14-10-15-18(3,16(20)21)7-5-8-19(13,14)15/h4,13,15H,1,5-11H2,2-3H3,(H,20,21)/t13-,15-,17-,18+,19+/m0/s1. The fourth-order valence-corrected chi connectivity index (χ4v) is 6.29. The number of carbonyl (C=O) groups is 1. The SMILES string of the molecule is C=C[C@@]1(C)CC[C@H]2C(=C3C[C@@H]4[C@@]32CCC[C@@]4(C)C(=O)O)C1. The summed E-state index contributed by atoms with van der Waals surface area (Å²) >= 11 is 0. The van der Waals surface area contributed by atoms with Gasteiger partial charge < -0.3 is 5.11 Å². The van der Waals surface area contributed by atoms with Crippen molar-refractivity contribution >= 4 is 5.97 Å². The summed E-state index contributed by atoms with van der Waals surface area (Å²) in [7, 11) is 0. The van der Waals surface area contributed by atoms with Crippen molar-refractivity contribution in [2.45, 2.75) is 58.8 Å². The first-order chi connectivity index (χ1) is 9.87. The molecule has 3 fully saturated rings. The van der Waals surface area contributed by atoms with Gasteiger partial charge in [-0.05, 0) is 62.7 Å². The van der Waals surface area contributed by atoms with Gasteiger partial charge in [0.15, 0.2) is 0 Å². The van der Waals surface area contributed by atoms with E-state index in [1.54, 1.807) is 11.1 Å². The number of carboxylic acid groups (broad SMARTS) is 1. The fourth-order valence-electron chi connectivity index (χ4n) is 6.29. The van der Waals surface area contributed by atoms with Crippen molar-refractivity contribution in [3.8, 4) is 0 Å². The molecular formula is C19H26O2. The topological polar surface area (TPSA) is 37.3 Å². The third-order valence-electron chi connectivity index (χ3n) is 7.66. The van der Waals surface area contributed by atoms with Crippen LogP contribution in [0.1, 0.15) is 58.8 Å². The van der Waals surface area contributed by atoms with Crippen molar-refractivity contribution in [3.05, 3.63) is 23.8 Å². The Morgan fingerprint density at radius 1 is 1.33 bits per heavy atom. The largest absolute Gasteiger partial charge is 0.481 e. The van der Waals surface area contributed by atoms with Crippen molar-refractivity contribution in [2.24, 2.45) is 28.1 Å². The minimum Gasteiger partial charge on any atom is -0.481 e. The van der Waals surface area contributed by atoms with E-state index in [0.29, 0.717) is 17.3 Å². The molecule has 0 aliphatic heterocycles. The van der Waals surface area contributed by atoms with Gasteiger partial charge in [-0.15, -0.1) is 6.58 Å². The van der Waals surface area contributed by atoms with Crippen LogP contribution < -0.4 is 0 Å². The van der Waals surface area contributed by atoms with Gasteiger partial charge in [-0.3, -0.25) is 4.79 Å². The Balaban J connectivity index is 1.70. The van der Waals surface area contributed by atoms with E-state index in [4.69, 9.17) is 0 Å². The second-order valence-electron chi connectivity index (χ2n) is 8.50. The number of carboxylic acids is 1. The summed E-state index contributed by atoms with van der Waals surface area (Å²) in [5, 5.41) is 9.73. The number of aliphatic carboxylic acids is 1. The predicted octanol–water partition coefficient (Wildman–Crippen LogP) is 4.57. The number of hydrogen-bond acceptors (Lipinski definition) is 1. The first kappa shape index (κ1) is 13.6. The summed E-state index contributed by atoms with van der Waals surface area (Å²) in [6.45, 7) is 8.36.